The van der Waals surface area contributed by atoms with Gasteiger partial charge >= 0.3 is 0 Å². The summed E-state index contributed by atoms with van der Waals surface area (Å²) in [4.78, 5) is 0. The van der Waals surface area contributed by atoms with E-state index in [0.717, 1.165) is 6.54 Å². The van der Waals surface area contributed by atoms with Crippen molar-refractivity contribution in [1.29, 1.82) is 0 Å². The summed E-state index contributed by atoms with van der Waals surface area (Å²) in [5.74, 6) is 0. The second-order valence-electron chi connectivity index (χ2n) is 5.56. The van der Waals surface area contributed by atoms with E-state index >= 15 is 0 Å². The van der Waals surface area contributed by atoms with Crippen LogP contribution in [-0.4, -0.2) is 17.5 Å². The molecule has 0 aromatic heterocycles. The van der Waals surface area contributed by atoms with Crippen LogP contribution in [0, 0.1) is 0 Å². The Labute approximate surface area is 119 Å². The van der Waals surface area contributed by atoms with Crippen LogP contribution in [0.15, 0.2) is 42.5 Å². The standard InChI is InChI=1S/C17H21NS/c1-13(18-12-17(19-2)10-11-17)15-9-5-7-14-6-3-4-8-16(14)15/h3-9,13,18H,10-12H2,1-2H3. The summed E-state index contributed by atoms with van der Waals surface area (Å²) in [7, 11) is 0. The van der Waals surface area contributed by atoms with E-state index in [9.17, 15) is 0 Å². The zero-order valence-corrected chi connectivity index (χ0v) is 12.5. The van der Waals surface area contributed by atoms with Crippen molar-refractivity contribution in [3.63, 3.8) is 0 Å². The van der Waals surface area contributed by atoms with Crippen molar-refractivity contribution < 1.29 is 0 Å². The molecule has 0 radical (unpaired) electrons. The third-order valence-corrected chi connectivity index (χ3v) is 5.68. The largest absolute Gasteiger partial charge is 0.309 e. The normalized spacial score (nSPS) is 18.4. The van der Waals surface area contributed by atoms with Crippen molar-refractivity contribution in [2.45, 2.75) is 30.6 Å². The molecule has 2 aromatic rings. The minimum Gasteiger partial charge on any atom is -0.309 e. The molecule has 19 heavy (non-hydrogen) atoms. The van der Waals surface area contributed by atoms with Crippen LogP contribution in [0.5, 0.6) is 0 Å². The highest BCUT2D eigenvalue weighted by molar-refractivity contribution is 8.00. The number of hydrogen-bond acceptors (Lipinski definition) is 2. The fourth-order valence-corrected chi connectivity index (χ4v) is 3.41. The van der Waals surface area contributed by atoms with Crippen LogP contribution >= 0.6 is 11.8 Å². The first-order valence-corrected chi connectivity index (χ1v) is 8.23. The van der Waals surface area contributed by atoms with Crippen LogP contribution in [0.2, 0.25) is 0 Å². The first-order valence-electron chi connectivity index (χ1n) is 7.00. The van der Waals surface area contributed by atoms with Gasteiger partial charge in [0.25, 0.3) is 0 Å². The van der Waals surface area contributed by atoms with Crippen LogP contribution in [0.25, 0.3) is 10.8 Å². The molecule has 0 spiro atoms. The van der Waals surface area contributed by atoms with Gasteiger partial charge in [-0.25, -0.2) is 0 Å². The molecule has 1 aliphatic carbocycles. The van der Waals surface area contributed by atoms with E-state index in [1.54, 1.807) is 0 Å². The Morgan fingerprint density at radius 3 is 2.63 bits per heavy atom. The van der Waals surface area contributed by atoms with Gasteiger partial charge in [0.05, 0.1) is 0 Å². The Balaban J connectivity index is 1.79. The molecule has 0 aliphatic heterocycles. The van der Waals surface area contributed by atoms with Crippen LogP contribution in [0.1, 0.15) is 31.4 Å². The van der Waals surface area contributed by atoms with Gasteiger partial charge < -0.3 is 5.32 Å². The van der Waals surface area contributed by atoms with Crippen molar-refractivity contribution >= 4 is 22.5 Å². The topological polar surface area (TPSA) is 12.0 Å². The summed E-state index contributed by atoms with van der Waals surface area (Å²) in [5.41, 5.74) is 1.41. The highest BCUT2D eigenvalue weighted by Gasteiger charge is 2.41. The summed E-state index contributed by atoms with van der Waals surface area (Å²) in [6, 6.07) is 15.7. The average Bonchev–Trinajstić information content (AvgIpc) is 3.25. The molecule has 1 fully saturated rings. The van der Waals surface area contributed by atoms with Gasteiger partial charge in [0.2, 0.25) is 0 Å². The minimum absolute atomic E-state index is 0.413. The minimum atomic E-state index is 0.413. The van der Waals surface area contributed by atoms with Crippen molar-refractivity contribution in [3.05, 3.63) is 48.0 Å². The molecule has 1 aliphatic rings. The molecular weight excluding hydrogens is 250 g/mol. The molecule has 0 amide bonds. The van der Waals surface area contributed by atoms with Gasteiger partial charge in [-0.15, -0.1) is 0 Å². The highest BCUT2D eigenvalue weighted by Crippen LogP contribution is 2.46. The molecule has 2 aromatic carbocycles. The van der Waals surface area contributed by atoms with Crippen LogP contribution in [0.3, 0.4) is 0 Å². The van der Waals surface area contributed by atoms with Crippen LogP contribution in [0.4, 0.5) is 0 Å². The lowest BCUT2D eigenvalue weighted by atomic mass is 9.99. The monoisotopic (exact) mass is 271 g/mol. The van der Waals surface area contributed by atoms with Gasteiger partial charge in [0.1, 0.15) is 0 Å². The highest BCUT2D eigenvalue weighted by atomic mass is 32.2. The quantitative estimate of drug-likeness (QED) is 0.865. The van der Waals surface area contributed by atoms with Crippen molar-refractivity contribution in [1.82, 2.24) is 5.32 Å². The van der Waals surface area contributed by atoms with E-state index in [1.807, 2.05) is 11.8 Å². The molecule has 0 heterocycles. The molecule has 1 atom stereocenters. The predicted octanol–water partition coefficient (Wildman–Crippen LogP) is 4.39. The van der Waals surface area contributed by atoms with Crippen LogP contribution < -0.4 is 5.32 Å². The lowest BCUT2D eigenvalue weighted by molar-refractivity contribution is 0.566. The maximum Gasteiger partial charge on any atom is 0.0298 e. The third-order valence-electron chi connectivity index (χ3n) is 4.26. The van der Waals surface area contributed by atoms with E-state index < -0.39 is 0 Å². The van der Waals surface area contributed by atoms with Crippen molar-refractivity contribution in [3.8, 4) is 0 Å². The van der Waals surface area contributed by atoms with Gasteiger partial charge in [-0.2, -0.15) is 11.8 Å². The number of nitrogens with one attached hydrogen (secondary N) is 1. The molecule has 1 saturated carbocycles. The summed E-state index contributed by atoms with van der Waals surface area (Å²) < 4.78 is 0.527. The van der Waals surface area contributed by atoms with Gasteiger partial charge in [0.15, 0.2) is 0 Å². The Morgan fingerprint density at radius 2 is 1.89 bits per heavy atom. The van der Waals surface area contributed by atoms with Crippen molar-refractivity contribution in [2.75, 3.05) is 12.8 Å². The molecule has 2 heteroatoms. The lowest BCUT2D eigenvalue weighted by Gasteiger charge is -2.20. The predicted molar refractivity (Wildman–Crippen MR) is 85.8 cm³/mol. The Kier molecular flexibility index (Phi) is 3.55. The van der Waals surface area contributed by atoms with E-state index in [1.165, 1.54) is 29.2 Å². The Bertz CT molecular complexity index is 569. The lowest BCUT2D eigenvalue weighted by Crippen LogP contribution is -2.28. The first kappa shape index (κ1) is 13.0. The number of thioether (sulfide) groups is 1. The molecule has 1 N–H and O–H groups in total. The number of rotatable bonds is 5. The van der Waals surface area contributed by atoms with E-state index in [4.69, 9.17) is 0 Å². The SMILES string of the molecule is CSC1(CNC(C)c2cccc3ccccc23)CC1. The second-order valence-corrected chi connectivity index (χ2v) is 6.83. The molecule has 3 rings (SSSR count). The molecular formula is C17H21NS. The second kappa shape index (κ2) is 5.18. The maximum absolute atomic E-state index is 3.72. The van der Waals surface area contributed by atoms with E-state index in [-0.39, 0.29) is 0 Å². The van der Waals surface area contributed by atoms with Gasteiger partial charge in [-0.1, -0.05) is 42.5 Å². The van der Waals surface area contributed by atoms with E-state index in [0.29, 0.717) is 10.8 Å². The molecule has 1 nitrogen and oxygen atoms in total. The van der Waals surface area contributed by atoms with Crippen LogP contribution in [-0.2, 0) is 0 Å². The number of fused-ring (bicyclic) bond motifs is 1. The van der Waals surface area contributed by atoms with Gasteiger partial charge in [-0.3, -0.25) is 0 Å². The molecule has 0 saturated heterocycles. The number of benzene rings is 2. The molecule has 0 bridgehead atoms. The van der Waals surface area contributed by atoms with Gasteiger partial charge in [-0.05, 0) is 42.4 Å². The first-order chi connectivity index (χ1) is 9.24. The zero-order valence-electron chi connectivity index (χ0n) is 11.6. The average molecular weight is 271 g/mol. The summed E-state index contributed by atoms with van der Waals surface area (Å²) in [6.45, 7) is 3.40. The summed E-state index contributed by atoms with van der Waals surface area (Å²) in [5, 5.41) is 6.43. The zero-order chi connectivity index (χ0) is 13.3. The fourth-order valence-electron chi connectivity index (χ4n) is 2.67. The fraction of sp³-hybridized carbons (Fsp3) is 0.412. The summed E-state index contributed by atoms with van der Waals surface area (Å²) >= 11 is 2.02. The van der Waals surface area contributed by atoms with Crippen molar-refractivity contribution in [2.24, 2.45) is 0 Å². The smallest absolute Gasteiger partial charge is 0.0298 e. The Morgan fingerprint density at radius 1 is 1.16 bits per heavy atom. The number of hydrogen-bond donors (Lipinski definition) is 1. The third kappa shape index (κ3) is 2.65. The Hall–Kier alpha value is -0.990. The summed E-state index contributed by atoms with van der Waals surface area (Å²) in [6.07, 6.45) is 4.96. The van der Waals surface area contributed by atoms with Gasteiger partial charge in [0, 0.05) is 17.3 Å². The molecule has 1 unspecified atom stereocenters. The maximum atomic E-state index is 3.72. The molecule has 100 valence electrons. The van der Waals surface area contributed by atoms with E-state index in [2.05, 4.69) is 61.0 Å².